The Morgan fingerprint density at radius 1 is 1.22 bits per heavy atom. The molecule has 0 aliphatic carbocycles. The molecule has 27 heavy (non-hydrogen) atoms. The molecule has 0 radical (unpaired) electrons. The van der Waals surface area contributed by atoms with Gasteiger partial charge in [0.25, 0.3) is 0 Å². The summed E-state index contributed by atoms with van der Waals surface area (Å²) in [5.74, 6) is 1.85. The van der Waals surface area contributed by atoms with Gasteiger partial charge in [0.2, 0.25) is 11.7 Å². The van der Waals surface area contributed by atoms with Gasteiger partial charge < -0.3 is 9.88 Å². The lowest BCUT2D eigenvalue weighted by Crippen LogP contribution is -2.24. The number of benzene rings is 1. The van der Waals surface area contributed by atoms with Crippen LogP contribution in [0.3, 0.4) is 0 Å². The Kier molecular flexibility index (Phi) is 4.56. The number of aromatic nitrogens is 7. The zero-order chi connectivity index (χ0) is 18.6. The highest BCUT2D eigenvalue weighted by Gasteiger charge is 2.11. The molecule has 0 saturated carbocycles. The number of H-pyrrole nitrogens is 1. The van der Waals surface area contributed by atoms with Crippen molar-refractivity contribution in [3.63, 3.8) is 0 Å². The van der Waals surface area contributed by atoms with Crippen LogP contribution in [0.1, 0.15) is 18.1 Å². The van der Waals surface area contributed by atoms with Gasteiger partial charge in [-0.3, -0.25) is 14.9 Å². The molecule has 4 rings (SSSR count). The van der Waals surface area contributed by atoms with Crippen LogP contribution in [0.5, 0.6) is 0 Å². The largest absolute Gasteiger partial charge is 0.349 e. The number of carbonyl (C=O) groups is 1. The third-order valence-electron chi connectivity index (χ3n) is 4.18. The summed E-state index contributed by atoms with van der Waals surface area (Å²) in [5, 5.41) is 9.75. The summed E-state index contributed by atoms with van der Waals surface area (Å²) in [5.41, 5.74) is 2.55. The average molecular weight is 362 g/mol. The molecule has 0 aliphatic heterocycles. The number of nitrogens with one attached hydrogen (secondary N) is 2. The molecule has 0 atom stereocenters. The molecule has 0 spiro atoms. The van der Waals surface area contributed by atoms with E-state index in [0.29, 0.717) is 30.3 Å². The molecule has 136 valence electrons. The first-order chi connectivity index (χ1) is 13.2. The third kappa shape index (κ3) is 3.66. The minimum absolute atomic E-state index is 0.0652. The molecule has 0 aliphatic rings. The van der Waals surface area contributed by atoms with E-state index in [1.165, 1.54) is 0 Å². The zero-order valence-electron chi connectivity index (χ0n) is 14.8. The van der Waals surface area contributed by atoms with Gasteiger partial charge in [-0.2, -0.15) is 5.10 Å². The average Bonchev–Trinajstić information content (AvgIpc) is 3.29. The van der Waals surface area contributed by atoms with Crippen molar-refractivity contribution in [1.29, 1.82) is 0 Å². The Bertz CT molecular complexity index is 1070. The Morgan fingerprint density at radius 3 is 2.96 bits per heavy atom. The van der Waals surface area contributed by atoms with Gasteiger partial charge in [0.05, 0.1) is 23.8 Å². The Balaban J connectivity index is 1.34. The van der Waals surface area contributed by atoms with Crippen molar-refractivity contribution in [2.75, 3.05) is 0 Å². The molecular formula is C18H18N8O. The molecule has 0 bridgehead atoms. The number of amides is 1. The molecule has 1 amide bonds. The molecule has 4 aromatic rings. The number of hydrogen-bond donors (Lipinski definition) is 2. The number of para-hydroxylation sites is 2. The van der Waals surface area contributed by atoms with E-state index in [4.69, 9.17) is 0 Å². The fourth-order valence-electron chi connectivity index (χ4n) is 2.87. The van der Waals surface area contributed by atoms with E-state index in [1.807, 2.05) is 31.2 Å². The Labute approximate surface area is 154 Å². The van der Waals surface area contributed by atoms with Crippen molar-refractivity contribution >= 4 is 16.9 Å². The summed E-state index contributed by atoms with van der Waals surface area (Å²) in [6.45, 7) is 2.79. The first-order valence-electron chi connectivity index (χ1n) is 8.57. The molecular weight excluding hydrogens is 344 g/mol. The monoisotopic (exact) mass is 362 g/mol. The highest BCUT2D eigenvalue weighted by atomic mass is 16.1. The maximum Gasteiger partial charge on any atom is 0.222 e. The molecule has 3 heterocycles. The van der Waals surface area contributed by atoms with Crippen LogP contribution in [0, 0.1) is 6.92 Å². The van der Waals surface area contributed by atoms with Crippen LogP contribution in [-0.2, 0) is 17.9 Å². The van der Waals surface area contributed by atoms with Crippen LogP contribution in [0.15, 0.2) is 42.9 Å². The Morgan fingerprint density at radius 2 is 2.11 bits per heavy atom. The van der Waals surface area contributed by atoms with Crippen molar-refractivity contribution < 1.29 is 4.79 Å². The van der Waals surface area contributed by atoms with E-state index in [9.17, 15) is 4.79 Å². The normalized spacial score (nSPS) is 11.0. The minimum Gasteiger partial charge on any atom is -0.349 e. The zero-order valence-corrected chi connectivity index (χ0v) is 14.8. The summed E-state index contributed by atoms with van der Waals surface area (Å²) in [6, 6.07) is 7.91. The third-order valence-corrected chi connectivity index (χ3v) is 4.18. The van der Waals surface area contributed by atoms with Crippen LogP contribution in [0.2, 0.25) is 0 Å². The van der Waals surface area contributed by atoms with Crippen molar-refractivity contribution in [3.05, 3.63) is 54.5 Å². The number of hydrogen-bond acceptors (Lipinski definition) is 6. The molecule has 9 nitrogen and oxygen atoms in total. The number of rotatable bonds is 6. The van der Waals surface area contributed by atoms with Crippen molar-refractivity contribution in [2.45, 2.75) is 26.4 Å². The number of fused-ring (bicyclic) bond motifs is 1. The number of aryl methyl sites for hydroxylation is 2. The summed E-state index contributed by atoms with van der Waals surface area (Å²) in [6.07, 6.45) is 5.10. The van der Waals surface area contributed by atoms with Crippen molar-refractivity contribution in [3.8, 4) is 11.5 Å². The van der Waals surface area contributed by atoms with Gasteiger partial charge >= 0.3 is 0 Å². The second-order valence-electron chi connectivity index (χ2n) is 6.02. The standard InChI is InChI=1S/C18H18N8O/c1-12-22-13-4-2-3-5-15(13)26(12)9-6-17(27)21-11-16-23-18(25-24-16)14-10-19-7-8-20-14/h2-5,7-8,10H,6,9,11H2,1H3,(H,21,27)(H,23,24,25). The highest BCUT2D eigenvalue weighted by molar-refractivity contribution is 5.77. The molecule has 1 aromatic carbocycles. The van der Waals surface area contributed by atoms with Crippen LogP contribution >= 0.6 is 0 Å². The number of nitrogens with zero attached hydrogens (tertiary/aromatic N) is 6. The van der Waals surface area contributed by atoms with Crippen LogP contribution in [-0.4, -0.2) is 40.6 Å². The lowest BCUT2D eigenvalue weighted by Gasteiger charge is -2.07. The van der Waals surface area contributed by atoms with Crippen molar-refractivity contribution in [2.24, 2.45) is 0 Å². The summed E-state index contributed by atoms with van der Waals surface area (Å²) in [7, 11) is 0. The number of carbonyl (C=O) groups excluding carboxylic acids is 1. The number of aromatic amines is 1. The Hall–Kier alpha value is -3.62. The van der Waals surface area contributed by atoms with Gasteiger partial charge in [-0.05, 0) is 19.1 Å². The van der Waals surface area contributed by atoms with E-state index in [2.05, 4.69) is 40.0 Å². The molecule has 2 N–H and O–H groups in total. The van der Waals surface area contributed by atoms with E-state index in [1.54, 1.807) is 18.6 Å². The second kappa shape index (κ2) is 7.32. The molecule has 3 aromatic heterocycles. The van der Waals surface area contributed by atoms with Crippen LogP contribution in [0.25, 0.3) is 22.6 Å². The predicted octanol–water partition coefficient (Wildman–Crippen LogP) is 1.63. The van der Waals surface area contributed by atoms with Gasteiger partial charge in [0, 0.05) is 25.4 Å². The minimum atomic E-state index is -0.0652. The molecule has 0 unspecified atom stereocenters. The first kappa shape index (κ1) is 16.8. The van der Waals surface area contributed by atoms with E-state index in [-0.39, 0.29) is 12.5 Å². The van der Waals surface area contributed by atoms with Crippen LogP contribution in [0.4, 0.5) is 0 Å². The lowest BCUT2D eigenvalue weighted by molar-refractivity contribution is -0.121. The van der Waals surface area contributed by atoms with Crippen LogP contribution < -0.4 is 5.32 Å². The van der Waals surface area contributed by atoms with Gasteiger partial charge in [0.15, 0.2) is 0 Å². The topological polar surface area (TPSA) is 114 Å². The predicted molar refractivity (Wildman–Crippen MR) is 98.3 cm³/mol. The second-order valence-corrected chi connectivity index (χ2v) is 6.02. The fourth-order valence-corrected chi connectivity index (χ4v) is 2.87. The maximum atomic E-state index is 12.2. The highest BCUT2D eigenvalue weighted by Crippen LogP contribution is 2.15. The van der Waals surface area contributed by atoms with Gasteiger partial charge in [-0.1, -0.05) is 12.1 Å². The quantitative estimate of drug-likeness (QED) is 0.539. The van der Waals surface area contributed by atoms with Gasteiger partial charge in [-0.15, -0.1) is 0 Å². The summed E-state index contributed by atoms with van der Waals surface area (Å²) in [4.78, 5) is 29.2. The van der Waals surface area contributed by atoms with Gasteiger partial charge in [0.1, 0.15) is 17.3 Å². The molecule has 0 saturated heterocycles. The summed E-state index contributed by atoms with van der Waals surface area (Å²) >= 11 is 0. The molecule has 9 heteroatoms. The van der Waals surface area contributed by atoms with Crippen molar-refractivity contribution in [1.82, 2.24) is 40.0 Å². The first-order valence-corrected chi connectivity index (χ1v) is 8.57. The van der Waals surface area contributed by atoms with E-state index < -0.39 is 0 Å². The maximum absolute atomic E-state index is 12.2. The fraction of sp³-hybridized carbons (Fsp3) is 0.222. The summed E-state index contributed by atoms with van der Waals surface area (Å²) < 4.78 is 2.05. The number of imidazole rings is 1. The SMILES string of the molecule is Cc1nc2ccccc2n1CCC(=O)NCc1nc(-c2cnccn2)n[nH]1. The smallest absolute Gasteiger partial charge is 0.222 e. The molecule has 0 fully saturated rings. The van der Waals surface area contributed by atoms with E-state index >= 15 is 0 Å². The van der Waals surface area contributed by atoms with Gasteiger partial charge in [-0.25, -0.2) is 15.0 Å². The lowest BCUT2D eigenvalue weighted by atomic mass is 10.3. The van der Waals surface area contributed by atoms with E-state index in [0.717, 1.165) is 16.9 Å².